The van der Waals surface area contributed by atoms with Gasteiger partial charge in [0.2, 0.25) is 5.91 Å². The summed E-state index contributed by atoms with van der Waals surface area (Å²) in [4.78, 5) is 43.0. The highest BCUT2D eigenvalue weighted by Crippen LogP contribution is 2.22. The van der Waals surface area contributed by atoms with Crippen molar-refractivity contribution in [3.05, 3.63) is 70.5 Å². The second-order valence-corrected chi connectivity index (χ2v) is 7.07. The first-order chi connectivity index (χ1) is 14.0. The molecule has 29 heavy (non-hydrogen) atoms. The maximum Gasteiger partial charge on any atom is 0.252 e. The number of methoxy groups -OCH3 is 1. The van der Waals surface area contributed by atoms with Gasteiger partial charge in [-0.2, -0.15) is 0 Å². The normalized spacial score (nSPS) is 10.4. The molecule has 0 aliphatic carbocycles. The summed E-state index contributed by atoms with van der Waals surface area (Å²) in [5.41, 5.74) is 1.85. The molecule has 2 aromatic carbocycles. The molecule has 1 heterocycles. The Balaban J connectivity index is 1.70. The molecule has 3 aromatic rings. The summed E-state index contributed by atoms with van der Waals surface area (Å²) in [5, 5.41) is 3.05. The minimum absolute atomic E-state index is 0.0290. The van der Waals surface area contributed by atoms with Crippen molar-refractivity contribution in [3.8, 4) is 17.0 Å². The zero-order valence-electron chi connectivity index (χ0n) is 15.9. The fraction of sp³-hybridized carbons (Fsp3) is 0.143. The van der Waals surface area contributed by atoms with Crippen molar-refractivity contribution in [3.63, 3.8) is 0 Å². The van der Waals surface area contributed by atoms with E-state index in [-0.39, 0.29) is 23.0 Å². The Morgan fingerprint density at radius 1 is 1.14 bits per heavy atom. The van der Waals surface area contributed by atoms with Crippen LogP contribution in [0.3, 0.4) is 0 Å². The number of para-hydroxylation sites is 1. The van der Waals surface area contributed by atoms with Crippen LogP contribution in [0.4, 0.5) is 5.69 Å². The molecule has 0 radical (unpaired) electrons. The van der Waals surface area contributed by atoms with Crippen molar-refractivity contribution in [2.24, 2.45) is 0 Å². The summed E-state index contributed by atoms with van der Waals surface area (Å²) in [6.07, 6.45) is 0. The number of hydrogen-bond donors (Lipinski definition) is 2. The predicted molar refractivity (Wildman–Crippen MR) is 113 cm³/mol. The molecule has 1 aromatic heterocycles. The Morgan fingerprint density at radius 2 is 1.86 bits per heavy atom. The maximum atomic E-state index is 12.3. The Labute approximate surface area is 171 Å². The molecule has 0 atom stereocenters. The van der Waals surface area contributed by atoms with Crippen LogP contribution in [0, 0.1) is 0 Å². The summed E-state index contributed by atoms with van der Waals surface area (Å²) in [7, 11) is 1.58. The number of nitrogens with zero attached hydrogens (tertiary/aromatic N) is 1. The second kappa shape index (κ2) is 9.20. The average Bonchev–Trinajstić information content (AvgIpc) is 2.72. The van der Waals surface area contributed by atoms with Crippen molar-refractivity contribution in [2.75, 3.05) is 18.2 Å². The largest absolute Gasteiger partial charge is 0.497 e. The van der Waals surface area contributed by atoms with Gasteiger partial charge in [0.05, 0.1) is 24.2 Å². The minimum atomic E-state index is -0.310. The van der Waals surface area contributed by atoms with Crippen molar-refractivity contribution in [1.29, 1.82) is 0 Å². The number of carbonyl (C=O) groups excluding carboxylic acids is 2. The molecular formula is C21H19N3O4S. The highest BCUT2D eigenvalue weighted by Gasteiger charge is 2.11. The topological polar surface area (TPSA) is 101 Å². The minimum Gasteiger partial charge on any atom is -0.497 e. The standard InChI is InChI=1S/C21H19N3O4S/c1-13(25)16-5-3-4-6-17(16)22-20(27)12-29-21-23-18(11-19(26)24-21)14-7-9-15(28-2)10-8-14/h3-11H,12H2,1-2H3,(H,22,27)(H,23,24,26). The van der Waals surface area contributed by atoms with Crippen molar-refractivity contribution in [2.45, 2.75) is 12.1 Å². The molecule has 2 N–H and O–H groups in total. The third kappa shape index (κ3) is 5.32. The Hall–Kier alpha value is -3.39. The molecule has 8 heteroatoms. The van der Waals surface area contributed by atoms with E-state index in [4.69, 9.17) is 4.74 Å². The predicted octanol–water partition coefficient (Wildman–Crippen LogP) is 3.38. The molecule has 0 unspecified atom stereocenters. The zero-order valence-corrected chi connectivity index (χ0v) is 16.7. The molecule has 0 saturated carbocycles. The fourth-order valence-electron chi connectivity index (χ4n) is 2.63. The number of anilines is 1. The van der Waals surface area contributed by atoms with Gasteiger partial charge < -0.3 is 15.0 Å². The van der Waals surface area contributed by atoms with Gasteiger partial charge in [-0.25, -0.2) is 4.98 Å². The van der Waals surface area contributed by atoms with E-state index in [1.807, 2.05) is 0 Å². The number of ether oxygens (including phenoxy) is 1. The number of benzene rings is 2. The summed E-state index contributed by atoms with van der Waals surface area (Å²) in [5.74, 6) is 0.296. The SMILES string of the molecule is COc1ccc(-c2cc(=O)[nH]c(SCC(=O)Nc3ccccc3C(C)=O)n2)cc1. The summed E-state index contributed by atoms with van der Waals surface area (Å²) < 4.78 is 5.13. The van der Waals surface area contributed by atoms with Gasteiger partial charge in [-0.15, -0.1) is 0 Å². The zero-order chi connectivity index (χ0) is 20.8. The number of rotatable bonds is 7. The van der Waals surface area contributed by atoms with Crippen LogP contribution in [0.2, 0.25) is 0 Å². The van der Waals surface area contributed by atoms with Crippen LogP contribution in [0.15, 0.2) is 64.5 Å². The number of amides is 1. The molecule has 3 rings (SSSR count). The van der Waals surface area contributed by atoms with E-state index >= 15 is 0 Å². The van der Waals surface area contributed by atoms with Gasteiger partial charge in [0.1, 0.15) is 5.75 Å². The molecule has 0 spiro atoms. The number of hydrogen-bond acceptors (Lipinski definition) is 6. The highest BCUT2D eigenvalue weighted by molar-refractivity contribution is 7.99. The maximum absolute atomic E-state index is 12.3. The summed E-state index contributed by atoms with van der Waals surface area (Å²) in [6, 6.07) is 15.4. The molecule has 0 fully saturated rings. The van der Waals surface area contributed by atoms with E-state index in [9.17, 15) is 14.4 Å². The average molecular weight is 409 g/mol. The lowest BCUT2D eigenvalue weighted by Crippen LogP contribution is -2.17. The number of H-pyrrole nitrogens is 1. The first kappa shape index (κ1) is 20.3. The Bertz CT molecular complexity index is 1090. The van der Waals surface area contributed by atoms with Gasteiger partial charge in [0.25, 0.3) is 5.56 Å². The third-order valence-corrected chi connectivity index (χ3v) is 4.90. The number of Topliss-reactive ketones (excluding diaryl/α,β-unsaturated/α-hetero) is 1. The van der Waals surface area contributed by atoms with Crippen LogP contribution in [0.1, 0.15) is 17.3 Å². The summed E-state index contributed by atoms with van der Waals surface area (Å²) >= 11 is 1.10. The molecule has 1 amide bonds. The van der Waals surface area contributed by atoms with E-state index in [0.717, 1.165) is 17.3 Å². The first-order valence-electron chi connectivity index (χ1n) is 8.74. The van der Waals surface area contributed by atoms with Gasteiger partial charge in [-0.3, -0.25) is 14.4 Å². The van der Waals surface area contributed by atoms with E-state index in [1.54, 1.807) is 55.6 Å². The van der Waals surface area contributed by atoms with Crippen LogP contribution in [0.25, 0.3) is 11.3 Å². The fourth-order valence-corrected chi connectivity index (χ4v) is 3.31. The van der Waals surface area contributed by atoms with Crippen LogP contribution >= 0.6 is 11.8 Å². The molecular weight excluding hydrogens is 390 g/mol. The van der Waals surface area contributed by atoms with Gasteiger partial charge in [0.15, 0.2) is 10.9 Å². The smallest absolute Gasteiger partial charge is 0.252 e. The second-order valence-electron chi connectivity index (χ2n) is 6.10. The van der Waals surface area contributed by atoms with Crippen molar-refractivity contribution < 1.29 is 14.3 Å². The number of ketones is 1. The molecule has 0 aliphatic rings. The lowest BCUT2D eigenvalue weighted by molar-refractivity contribution is -0.113. The molecule has 0 bridgehead atoms. The van der Waals surface area contributed by atoms with Crippen LogP contribution in [-0.2, 0) is 4.79 Å². The molecule has 0 saturated heterocycles. The van der Waals surface area contributed by atoms with E-state index in [0.29, 0.717) is 27.9 Å². The Kier molecular flexibility index (Phi) is 6.46. The molecule has 0 aliphatic heterocycles. The van der Waals surface area contributed by atoms with Gasteiger partial charge in [-0.05, 0) is 43.3 Å². The van der Waals surface area contributed by atoms with Crippen molar-refractivity contribution >= 4 is 29.1 Å². The van der Waals surface area contributed by atoms with Crippen LogP contribution in [-0.4, -0.2) is 34.5 Å². The first-order valence-corrected chi connectivity index (χ1v) is 9.73. The number of carbonyl (C=O) groups is 2. The number of aromatic amines is 1. The third-order valence-electron chi connectivity index (χ3n) is 4.03. The van der Waals surface area contributed by atoms with E-state index < -0.39 is 0 Å². The highest BCUT2D eigenvalue weighted by atomic mass is 32.2. The van der Waals surface area contributed by atoms with E-state index in [2.05, 4.69) is 15.3 Å². The van der Waals surface area contributed by atoms with Gasteiger partial charge in [0, 0.05) is 17.2 Å². The molecule has 148 valence electrons. The lowest BCUT2D eigenvalue weighted by atomic mass is 10.1. The van der Waals surface area contributed by atoms with Crippen LogP contribution in [0.5, 0.6) is 5.75 Å². The summed E-state index contributed by atoms with van der Waals surface area (Å²) in [6.45, 7) is 1.44. The molecule has 7 nitrogen and oxygen atoms in total. The van der Waals surface area contributed by atoms with Gasteiger partial charge >= 0.3 is 0 Å². The van der Waals surface area contributed by atoms with Crippen LogP contribution < -0.4 is 15.6 Å². The monoisotopic (exact) mass is 409 g/mol. The van der Waals surface area contributed by atoms with Crippen molar-refractivity contribution in [1.82, 2.24) is 9.97 Å². The Morgan fingerprint density at radius 3 is 2.55 bits per heavy atom. The lowest BCUT2D eigenvalue weighted by Gasteiger charge is -2.09. The van der Waals surface area contributed by atoms with E-state index in [1.165, 1.54) is 13.0 Å². The number of nitrogens with one attached hydrogen (secondary N) is 2. The van der Waals surface area contributed by atoms with Gasteiger partial charge in [-0.1, -0.05) is 23.9 Å². The quantitative estimate of drug-likeness (QED) is 0.352. The number of thioether (sulfide) groups is 1. The number of aromatic nitrogens is 2.